The van der Waals surface area contributed by atoms with Crippen molar-refractivity contribution in [1.82, 2.24) is 0 Å². The predicted molar refractivity (Wildman–Crippen MR) is 60.7 cm³/mol. The molecule has 82 valence electrons. The minimum absolute atomic E-state index is 0.0906. The summed E-state index contributed by atoms with van der Waals surface area (Å²) in [6, 6.07) is 5.72. The second-order valence-electron chi connectivity index (χ2n) is 4.19. The van der Waals surface area contributed by atoms with Crippen LogP contribution in [0.2, 0.25) is 5.02 Å². The summed E-state index contributed by atoms with van der Waals surface area (Å²) in [5.74, 6) is 0.906. The first-order valence-corrected chi connectivity index (χ1v) is 5.47. The van der Waals surface area contributed by atoms with Crippen LogP contribution in [0.1, 0.15) is 18.9 Å². The third-order valence-electron chi connectivity index (χ3n) is 2.80. The smallest absolute Gasteiger partial charge is 0.122 e. The molecule has 2 nitrogen and oxygen atoms in total. The first-order valence-electron chi connectivity index (χ1n) is 5.09. The van der Waals surface area contributed by atoms with Gasteiger partial charge in [0.15, 0.2) is 0 Å². The summed E-state index contributed by atoms with van der Waals surface area (Å²) in [5.41, 5.74) is 1.24. The van der Waals surface area contributed by atoms with Gasteiger partial charge in [-0.15, -0.1) is 0 Å². The van der Waals surface area contributed by atoms with E-state index in [1.807, 2.05) is 18.2 Å². The van der Waals surface area contributed by atoms with Crippen molar-refractivity contribution in [2.75, 3.05) is 13.7 Å². The molecule has 0 N–H and O–H groups in total. The lowest BCUT2D eigenvalue weighted by Gasteiger charge is -2.10. The first-order chi connectivity index (χ1) is 7.13. The van der Waals surface area contributed by atoms with Crippen molar-refractivity contribution in [3.8, 4) is 5.75 Å². The Bertz CT molecular complexity index is 359. The Kier molecular flexibility index (Phi) is 2.89. The van der Waals surface area contributed by atoms with Crippen molar-refractivity contribution in [3.05, 3.63) is 28.8 Å². The lowest BCUT2D eigenvalue weighted by Crippen LogP contribution is -2.06. The zero-order valence-electron chi connectivity index (χ0n) is 9.05. The molecule has 1 aliphatic rings. The quantitative estimate of drug-likeness (QED) is 0.736. The SMILES string of the molecule is COc1ccc(Cl)cc1CCC1(C)CO1. The Labute approximate surface area is 95.1 Å². The van der Waals surface area contributed by atoms with Crippen LogP contribution in [0.5, 0.6) is 5.75 Å². The van der Waals surface area contributed by atoms with Gasteiger partial charge in [-0.05, 0) is 43.5 Å². The van der Waals surface area contributed by atoms with Crippen LogP contribution >= 0.6 is 11.6 Å². The van der Waals surface area contributed by atoms with Gasteiger partial charge in [-0.2, -0.15) is 0 Å². The van der Waals surface area contributed by atoms with Crippen LogP contribution < -0.4 is 4.74 Å². The fourth-order valence-corrected chi connectivity index (χ4v) is 1.80. The Balaban J connectivity index is 2.08. The van der Waals surface area contributed by atoms with Gasteiger partial charge in [0.2, 0.25) is 0 Å². The molecule has 1 aromatic rings. The molecule has 1 aromatic carbocycles. The normalized spacial score (nSPS) is 23.9. The van der Waals surface area contributed by atoms with Crippen LogP contribution in [0.15, 0.2) is 18.2 Å². The molecule has 2 rings (SSSR count). The average Bonchev–Trinajstić information content (AvgIpc) is 2.95. The fourth-order valence-electron chi connectivity index (χ4n) is 1.61. The topological polar surface area (TPSA) is 21.8 Å². The van der Waals surface area contributed by atoms with Gasteiger partial charge in [0, 0.05) is 5.02 Å². The number of hydrogen-bond acceptors (Lipinski definition) is 2. The number of rotatable bonds is 4. The third-order valence-corrected chi connectivity index (χ3v) is 3.04. The van der Waals surface area contributed by atoms with Crippen LogP contribution in [0.4, 0.5) is 0 Å². The highest BCUT2D eigenvalue weighted by atomic mass is 35.5. The summed E-state index contributed by atoms with van der Waals surface area (Å²) in [5, 5.41) is 0.757. The van der Waals surface area contributed by atoms with E-state index in [0.29, 0.717) is 0 Å². The van der Waals surface area contributed by atoms with E-state index in [-0.39, 0.29) is 5.60 Å². The van der Waals surface area contributed by atoms with Crippen LogP contribution in [-0.4, -0.2) is 19.3 Å². The highest BCUT2D eigenvalue weighted by molar-refractivity contribution is 6.30. The molecule has 1 unspecified atom stereocenters. The minimum Gasteiger partial charge on any atom is -0.496 e. The molecule has 1 saturated heterocycles. The largest absolute Gasteiger partial charge is 0.496 e. The summed E-state index contributed by atoms with van der Waals surface area (Å²) in [6.45, 7) is 3.00. The molecule has 0 radical (unpaired) electrons. The molecular weight excluding hydrogens is 212 g/mol. The summed E-state index contributed by atoms with van der Waals surface area (Å²) in [4.78, 5) is 0. The first kappa shape index (κ1) is 10.8. The Morgan fingerprint density at radius 2 is 2.27 bits per heavy atom. The predicted octanol–water partition coefficient (Wildman–Crippen LogP) is 3.07. The van der Waals surface area contributed by atoms with Crippen LogP contribution in [0.3, 0.4) is 0 Å². The van der Waals surface area contributed by atoms with Gasteiger partial charge < -0.3 is 9.47 Å². The standard InChI is InChI=1S/C12H15ClO2/c1-12(8-15-12)6-5-9-7-10(13)3-4-11(9)14-2/h3-4,7H,5-6,8H2,1-2H3. The van der Waals surface area contributed by atoms with Crippen molar-refractivity contribution in [2.24, 2.45) is 0 Å². The van der Waals surface area contributed by atoms with Crippen molar-refractivity contribution in [1.29, 1.82) is 0 Å². The number of methoxy groups -OCH3 is 1. The summed E-state index contributed by atoms with van der Waals surface area (Å²) in [7, 11) is 1.68. The summed E-state index contributed by atoms with van der Waals surface area (Å²) < 4.78 is 10.6. The number of ether oxygens (including phenoxy) is 2. The molecule has 0 amide bonds. The van der Waals surface area contributed by atoms with Gasteiger partial charge in [-0.1, -0.05) is 11.6 Å². The molecule has 0 saturated carbocycles. The molecule has 1 atom stereocenters. The van der Waals surface area contributed by atoms with Gasteiger partial charge in [0.05, 0.1) is 19.3 Å². The van der Waals surface area contributed by atoms with Crippen molar-refractivity contribution in [2.45, 2.75) is 25.4 Å². The lowest BCUT2D eigenvalue weighted by molar-refractivity contribution is 0.308. The molecular formula is C12H15ClO2. The van der Waals surface area contributed by atoms with Crippen LogP contribution in [0.25, 0.3) is 0 Å². The fraction of sp³-hybridized carbons (Fsp3) is 0.500. The summed E-state index contributed by atoms with van der Waals surface area (Å²) >= 11 is 5.95. The molecule has 1 heterocycles. The second kappa shape index (κ2) is 4.03. The Hall–Kier alpha value is -0.730. The number of epoxide rings is 1. The highest BCUT2D eigenvalue weighted by Gasteiger charge is 2.38. The summed E-state index contributed by atoms with van der Waals surface area (Å²) in [6.07, 6.45) is 1.96. The molecule has 1 aliphatic heterocycles. The highest BCUT2D eigenvalue weighted by Crippen LogP contribution is 2.33. The van der Waals surface area contributed by atoms with Gasteiger partial charge in [0.25, 0.3) is 0 Å². The molecule has 1 fully saturated rings. The average molecular weight is 227 g/mol. The van der Waals surface area contributed by atoms with Gasteiger partial charge in [-0.3, -0.25) is 0 Å². The zero-order chi connectivity index (χ0) is 10.9. The third kappa shape index (κ3) is 2.64. The number of aryl methyl sites for hydroxylation is 1. The van der Waals surface area contributed by atoms with E-state index in [2.05, 4.69) is 6.92 Å². The van der Waals surface area contributed by atoms with Crippen molar-refractivity contribution < 1.29 is 9.47 Å². The second-order valence-corrected chi connectivity index (χ2v) is 4.63. The maximum absolute atomic E-state index is 5.95. The van der Waals surface area contributed by atoms with E-state index in [4.69, 9.17) is 21.1 Å². The Morgan fingerprint density at radius 3 is 2.87 bits per heavy atom. The number of hydrogen-bond donors (Lipinski definition) is 0. The Morgan fingerprint density at radius 1 is 1.53 bits per heavy atom. The van der Waals surface area contributed by atoms with Crippen LogP contribution in [0, 0.1) is 0 Å². The van der Waals surface area contributed by atoms with E-state index in [1.165, 1.54) is 0 Å². The molecule has 0 aromatic heterocycles. The molecule has 15 heavy (non-hydrogen) atoms. The van der Waals surface area contributed by atoms with Crippen molar-refractivity contribution in [3.63, 3.8) is 0 Å². The maximum atomic E-state index is 5.95. The van der Waals surface area contributed by atoms with E-state index in [9.17, 15) is 0 Å². The van der Waals surface area contributed by atoms with E-state index in [1.54, 1.807) is 7.11 Å². The molecule has 0 spiro atoms. The van der Waals surface area contributed by atoms with Crippen LogP contribution in [-0.2, 0) is 11.2 Å². The van der Waals surface area contributed by atoms with E-state index in [0.717, 1.165) is 35.8 Å². The molecule has 3 heteroatoms. The molecule has 0 aliphatic carbocycles. The van der Waals surface area contributed by atoms with Gasteiger partial charge in [0.1, 0.15) is 5.75 Å². The zero-order valence-corrected chi connectivity index (χ0v) is 9.80. The molecule has 0 bridgehead atoms. The van der Waals surface area contributed by atoms with E-state index >= 15 is 0 Å². The number of halogens is 1. The minimum atomic E-state index is 0.0906. The van der Waals surface area contributed by atoms with Gasteiger partial charge in [-0.25, -0.2) is 0 Å². The lowest BCUT2D eigenvalue weighted by atomic mass is 10.0. The maximum Gasteiger partial charge on any atom is 0.122 e. The van der Waals surface area contributed by atoms with E-state index < -0.39 is 0 Å². The number of benzene rings is 1. The monoisotopic (exact) mass is 226 g/mol. The van der Waals surface area contributed by atoms with Crippen molar-refractivity contribution >= 4 is 11.6 Å². The van der Waals surface area contributed by atoms with Gasteiger partial charge >= 0.3 is 0 Å².